The Hall–Kier alpha value is 0.0249. The first kappa shape index (κ1) is 9.02. The van der Waals surface area contributed by atoms with Gasteiger partial charge in [0.1, 0.15) is 0 Å². The third kappa shape index (κ3) is 3.58. The van der Waals surface area contributed by atoms with Gasteiger partial charge in [-0.2, -0.15) is 0 Å². The summed E-state index contributed by atoms with van der Waals surface area (Å²) in [6.07, 6.45) is 2.28. The zero-order chi connectivity index (χ0) is 7.28. The molecule has 1 nitrogen and oxygen atoms in total. The first-order valence-corrected chi connectivity index (χ1v) is 3.73. The summed E-state index contributed by atoms with van der Waals surface area (Å²) in [4.78, 5) is 1.90. The summed E-state index contributed by atoms with van der Waals surface area (Å²) in [6.45, 7) is 7.45. The lowest BCUT2D eigenvalue weighted by molar-refractivity contribution is 0.350. The van der Waals surface area contributed by atoms with E-state index in [1.807, 2.05) is 4.81 Å². The predicted octanol–water partition coefficient (Wildman–Crippen LogP) is 1.58. The summed E-state index contributed by atoms with van der Waals surface area (Å²) in [6, 6.07) is 0.532. The molecule has 0 aliphatic heterocycles. The minimum atomic E-state index is 0.532. The minimum Gasteiger partial charge on any atom is -0.351 e. The summed E-state index contributed by atoms with van der Waals surface area (Å²) < 4.78 is 0. The van der Waals surface area contributed by atoms with Crippen molar-refractivity contribution >= 4 is 7.98 Å². The van der Waals surface area contributed by atoms with E-state index in [9.17, 15) is 0 Å². The Bertz CT molecular complexity index is 65.9. The number of rotatable bonds is 4. The SMILES string of the molecule is [B]N(CCC)C(C)CC. The highest BCUT2D eigenvalue weighted by molar-refractivity contribution is 6.04. The van der Waals surface area contributed by atoms with Gasteiger partial charge in [-0.1, -0.05) is 20.8 Å². The fourth-order valence-corrected chi connectivity index (χ4v) is 0.713. The lowest BCUT2D eigenvalue weighted by Crippen LogP contribution is -2.30. The molecule has 0 amide bonds. The number of nitrogens with zero attached hydrogens (tertiary/aromatic N) is 1. The van der Waals surface area contributed by atoms with Crippen LogP contribution in [-0.2, 0) is 0 Å². The van der Waals surface area contributed by atoms with Crippen LogP contribution in [0.25, 0.3) is 0 Å². The number of hydrogen-bond acceptors (Lipinski definition) is 1. The molecule has 0 aromatic carbocycles. The van der Waals surface area contributed by atoms with Crippen molar-refractivity contribution in [2.75, 3.05) is 6.54 Å². The highest BCUT2D eigenvalue weighted by Crippen LogP contribution is 1.98. The fraction of sp³-hybridized carbons (Fsp3) is 1.00. The third-order valence-electron chi connectivity index (χ3n) is 1.64. The van der Waals surface area contributed by atoms with Crippen LogP contribution in [0.2, 0.25) is 0 Å². The molecule has 0 bridgehead atoms. The van der Waals surface area contributed by atoms with Crippen molar-refractivity contribution in [2.24, 2.45) is 0 Å². The van der Waals surface area contributed by atoms with Crippen LogP contribution in [0.1, 0.15) is 33.6 Å². The zero-order valence-electron chi connectivity index (χ0n) is 6.72. The average molecular weight is 125 g/mol. The Balaban J connectivity index is 3.32. The zero-order valence-corrected chi connectivity index (χ0v) is 6.72. The minimum absolute atomic E-state index is 0.532. The van der Waals surface area contributed by atoms with Crippen molar-refractivity contribution in [2.45, 2.75) is 39.7 Å². The average Bonchev–Trinajstić information content (AvgIpc) is 1.87. The fourth-order valence-electron chi connectivity index (χ4n) is 0.713. The third-order valence-corrected chi connectivity index (χ3v) is 1.64. The van der Waals surface area contributed by atoms with Gasteiger partial charge in [0, 0.05) is 0 Å². The van der Waals surface area contributed by atoms with Crippen molar-refractivity contribution in [3.63, 3.8) is 0 Å². The van der Waals surface area contributed by atoms with Crippen LogP contribution in [0.15, 0.2) is 0 Å². The van der Waals surface area contributed by atoms with Crippen LogP contribution in [-0.4, -0.2) is 25.4 Å². The Kier molecular flexibility index (Phi) is 4.88. The van der Waals surface area contributed by atoms with Crippen LogP contribution in [0.4, 0.5) is 0 Å². The largest absolute Gasteiger partial charge is 0.351 e. The van der Waals surface area contributed by atoms with Gasteiger partial charge in [0.15, 0.2) is 7.98 Å². The first-order chi connectivity index (χ1) is 4.22. The molecule has 0 aliphatic carbocycles. The first-order valence-electron chi connectivity index (χ1n) is 3.73. The van der Waals surface area contributed by atoms with Gasteiger partial charge in [-0.3, -0.25) is 0 Å². The summed E-state index contributed by atoms with van der Waals surface area (Å²) >= 11 is 0. The van der Waals surface area contributed by atoms with E-state index in [1.165, 1.54) is 0 Å². The molecule has 2 heteroatoms. The van der Waals surface area contributed by atoms with Crippen LogP contribution in [0.5, 0.6) is 0 Å². The van der Waals surface area contributed by atoms with Gasteiger partial charge >= 0.3 is 0 Å². The van der Waals surface area contributed by atoms with Gasteiger partial charge in [-0.05, 0) is 25.4 Å². The molecule has 0 fully saturated rings. The van der Waals surface area contributed by atoms with E-state index in [-0.39, 0.29) is 0 Å². The van der Waals surface area contributed by atoms with E-state index in [0.29, 0.717) is 6.04 Å². The van der Waals surface area contributed by atoms with E-state index < -0.39 is 0 Å². The van der Waals surface area contributed by atoms with Gasteiger partial charge in [0.25, 0.3) is 0 Å². The maximum atomic E-state index is 5.67. The van der Waals surface area contributed by atoms with Crippen LogP contribution < -0.4 is 0 Å². The maximum Gasteiger partial charge on any atom is 0.182 e. The van der Waals surface area contributed by atoms with Gasteiger partial charge in [-0.15, -0.1) is 0 Å². The molecular weight excluding hydrogens is 109 g/mol. The molecule has 0 aliphatic rings. The Morgan fingerprint density at radius 2 is 2.00 bits per heavy atom. The van der Waals surface area contributed by atoms with E-state index in [4.69, 9.17) is 7.98 Å². The van der Waals surface area contributed by atoms with Gasteiger partial charge in [-0.25, -0.2) is 0 Å². The van der Waals surface area contributed by atoms with E-state index in [1.54, 1.807) is 0 Å². The molecule has 52 valence electrons. The van der Waals surface area contributed by atoms with Crippen LogP contribution in [0, 0.1) is 0 Å². The molecule has 0 aromatic rings. The van der Waals surface area contributed by atoms with Crippen molar-refractivity contribution in [1.29, 1.82) is 0 Å². The van der Waals surface area contributed by atoms with Crippen molar-refractivity contribution in [1.82, 2.24) is 4.81 Å². The second kappa shape index (κ2) is 4.86. The molecule has 9 heavy (non-hydrogen) atoms. The van der Waals surface area contributed by atoms with Crippen molar-refractivity contribution < 1.29 is 0 Å². The molecular formula is C7H16BN. The Morgan fingerprint density at radius 1 is 1.44 bits per heavy atom. The Labute approximate surface area is 59.9 Å². The van der Waals surface area contributed by atoms with Crippen molar-refractivity contribution in [3.05, 3.63) is 0 Å². The van der Waals surface area contributed by atoms with E-state index in [0.717, 1.165) is 19.4 Å². The predicted molar refractivity (Wildman–Crippen MR) is 42.5 cm³/mol. The lowest BCUT2D eigenvalue weighted by Gasteiger charge is -2.23. The van der Waals surface area contributed by atoms with Gasteiger partial charge in [0.2, 0.25) is 0 Å². The quantitative estimate of drug-likeness (QED) is 0.515. The monoisotopic (exact) mass is 125 g/mol. The topological polar surface area (TPSA) is 3.24 Å². The molecule has 0 saturated carbocycles. The standard InChI is InChI=1S/C7H16BN/c1-4-6-9(8)7(3)5-2/h7H,4-6H2,1-3H3. The smallest absolute Gasteiger partial charge is 0.182 e. The summed E-state index contributed by atoms with van der Waals surface area (Å²) in [5.74, 6) is 0. The highest BCUT2D eigenvalue weighted by Gasteiger charge is 2.02. The normalized spacial score (nSPS) is 14.2. The molecule has 0 rings (SSSR count). The Morgan fingerprint density at radius 3 is 2.33 bits per heavy atom. The van der Waals surface area contributed by atoms with Gasteiger partial charge < -0.3 is 4.81 Å². The molecule has 0 heterocycles. The van der Waals surface area contributed by atoms with Crippen LogP contribution in [0.3, 0.4) is 0 Å². The molecule has 1 unspecified atom stereocenters. The molecule has 2 radical (unpaired) electrons. The van der Waals surface area contributed by atoms with Crippen LogP contribution >= 0.6 is 0 Å². The molecule has 0 saturated heterocycles. The van der Waals surface area contributed by atoms with Gasteiger partial charge in [0.05, 0.1) is 0 Å². The second-order valence-corrected chi connectivity index (χ2v) is 2.50. The maximum absolute atomic E-state index is 5.67. The molecule has 0 spiro atoms. The van der Waals surface area contributed by atoms with E-state index in [2.05, 4.69) is 20.8 Å². The lowest BCUT2D eigenvalue weighted by atomic mass is 10.1. The summed E-state index contributed by atoms with van der Waals surface area (Å²) in [7, 11) is 5.67. The molecule has 0 N–H and O–H groups in total. The number of hydrogen-bond donors (Lipinski definition) is 0. The van der Waals surface area contributed by atoms with E-state index >= 15 is 0 Å². The van der Waals surface area contributed by atoms with Crippen molar-refractivity contribution in [3.8, 4) is 0 Å². The molecule has 1 atom stereocenters. The second-order valence-electron chi connectivity index (χ2n) is 2.50. The summed E-state index contributed by atoms with van der Waals surface area (Å²) in [5, 5.41) is 0. The summed E-state index contributed by atoms with van der Waals surface area (Å²) in [5.41, 5.74) is 0. The molecule has 0 aromatic heterocycles. The highest BCUT2D eigenvalue weighted by atomic mass is 15.0.